The third-order valence-electron chi connectivity index (χ3n) is 3.86. The summed E-state index contributed by atoms with van der Waals surface area (Å²) in [6, 6.07) is 9.99. The summed E-state index contributed by atoms with van der Waals surface area (Å²) in [5.41, 5.74) is 2.45. The molecule has 0 radical (unpaired) electrons. The van der Waals surface area contributed by atoms with Gasteiger partial charge in [-0.2, -0.15) is 0 Å². The van der Waals surface area contributed by atoms with Gasteiger partial charge in [-0.05, 0) is 48.4 Å². The van der Waals surface area contributed by atoms with E-state index in [1.54, 1.807) is 31.4 Å². The van der Waals surface area contributed by atoms with E-state index in [9.17, 15) is 9.50 Å². The molecule has 2 aromatic carbocycles. The lowest BCUT2D eigenvalue weighted by atomic mass is 9.92. The van der Waals surface area contributed by atoms with Crippen LogP contribution in [0.5, 0.6) is 11.5 Å². The molecule has 2 aromatic rings. The Morgan fingerprint density at radius 3 is 2.71 bits per heavy atom. The summed E-state index contributed by atoms with van der Waals surface area (Å²) in [5, 5.41) is 10.3. The van der Waals surface area contributed by atoms with E-state index in [1.807, 2.05) is 6.92 Å². The Kier molecular flexibility index (Phi) is 3.55. The van der Waals surface area contributed by atoms with Gasteiger partial charge in [0.05, 0.1) is 13.2 Å². The van der Waals surface area contributed by atoms with Crippen LogP contribution >= 0.6 is 0 Å². The average molecular weight is 288 g/mol. The largest absolute Gasteiger partial charge is 0.497 e. The minimum absolute atomic E-state index is 0.266. The Hall–Kier alpha value is -2.07. The molecule has 1 aliphatic heterocycles. The molecular weight excluding hydrogens is 271 g/mol. The number of halogens is 1. The zero-order chi connectivity index (χ0) is 15.0. The first-order valence-electron chi connectivity index (χ1n) is 6.87. The highest BCUT2D eigenvalue weighted by Gasteiger charge is 2.29. The molecule has 0 spiro atoms. The summed E-state index contributed by atoms with van der Waals surface area (Å²) >= 11 is 0. The first-order chi connectivity index (χ1) is 10.1. The highest BCUT2D eigenvalue weighted by molar-refractivity contribution is 5.44. The number of aliphatic hydroxyl groups excluding tert-OH is 1. The summed E-state index contributed by atoms with van der Waals surface area (Å²) in [7, 11) is 1.59. The molecule has 0 bridgehead atoms. The van der Waals surface area contributed by atoms with Crippen molar-refractivity contribution in [1.82, 2.24) is 0 Å². The molecule has 1 N–H and O–H groups in total. The third-order valence-corrected chi connectivity index (χ3v) is 3.86. The second-order valence-corrected chi connectivity index (χ2v) is 5.26. The Morgan fingerprint density at radius 2 is 2.00 bits per heavy atom. The number of hydrogen-bond acceptors (Lipinski definition) is 3. The Morgan fingerprint density at radius 1 is 1.19 bits per heavy atom. The lowest BCUT2D eigenvalue weighted by Gasteiger charge is -2.31. The lowest BCUT2D eigenvalue weighted by molar-refractivity contribution is 0.0651. The van der Waals surface area contributed by atoms with Crippen LogP contribution < -0.4 is 9.47 Å². The molecule has 3 rings (SSSR count). The molecular formula is C17H17FO3. The van der Waals surface area contributed by atoms with Crippen molar-refractivity contribution in [2.45, 2.75) is 25.6 Å². The Bertz CT molecular complexity index is 669. The molecule has 0 saturated carbocycles. The molecule has 0 aliphatic carbocycles. The van der Waals surface area contributed by atoms with E-state index in [-0.39, 0.29) is 11.9 Å². The molecule has 2 atom stereocenters. The van der Waals surface area contributed by atoms with Gasteiger partial charge in [-0.3, -0.25) is 0 Å². The van der Waals surface area contributed by atoms with Crippen LogP contribution in [0.1, 0.15) is 35.3 Å². The topological polar surface area (TPSA) is 38.7 Å². The SMILES string of the molecule is COc1ccc2c(c1)[C@H](O)CC(c1ccc(F)cc1C)O2. The van der Waals surface area contributed by atoms with Crippen LogP contribution in [0.4, 0.5) is 4.39 Å². The normalized spacial score (nSPS) is 20.6. The van der Waals surface area contributed by atoms with Crippen molar-refractivity contribution in [3.8, 4) is 11.5 Å². The third kappa shape index (κ3) is 2.59. The lowest BCUT2D eigenvalue weighted by Crippen LogP contribution is -2.19. The van der Waals surface area contributed by atoms with Gasteiger partial charge in [0.15, 0.2) is 0 Å². The van der Waals surface area contributed by atoms with Crippen molar-refractivity contribution in [2.75, 3.05) is 7.11 Å². The molecule has 4 heteroatoms. The molecule has 110 valence electrons. The minimum Gasteiger partial charge on any atom is -0.497 e. The molecule has 1 unspecified atom stereocenters. The number of fused-ring (bicyclic) bond motifs is 1. The fraction of sp³-hybridized carbons (Fsp3) is 0.294. The monoisotopic (exact) mass is 288 g/mol. The van der Waals surface area contributed by atoms with Crippen molar-refractivity contribution >= 4 is 0 Å². The highest BCUT2D eigenvalue weighted by Crippen LogP contribution is 2.42. The van der Waals surface area contributed by atoms with Gasteiger partial charge >= 0.3 is 0 Å². The van der Waals surface area contributed by atoms with Crippen LogP contribution in [0.25, 0.3) is 0 Å². The Labute approximate surface area is 122 Å². The maximum Gasteiger partial charge on any atom is 0.127 e. The number of rotatable bonds is 2. The molecule has 3 nitrogen and oxygen atoms in total. The predicted octanol–water partition coefficient (Wildman–Crippen LogP) is 3.70. The summed E-state index contributed by atoms with van der Waals surface area (Å²) in [6.07, 6.45) is -0.466. The molecule has 0 aromatic heterocycles. The van der Waals surface area contributed by atoms with Crippen molar-refractivity contribution in [2.24, 2.45) is 0 Å². The quantitative estimate of drug-likeness (QED) is 0.915. The van der Waals surface area contributed by atoms with Gasteiger partial charge in [0.2, 0.25) is 0 Å². The zero-order valence-electron chi connectivity index (χ0n) is 12.0. The molecule has 1 aliphatic rings. The Balaban J connectivity index is 1.94. The summed E-state index contributed by atoms with van der Waals surface area (Å²) in [5.74, 6) is 1.06. The summed E-state index contributed by atoms with van der Waals surface area (Å²) in [6.45, 7) is 1.84. The van der Waals surface area contributed by atoms with Crippen molar-refractivity contribution in [3.05, 3.63) is 58.9 Å². The number of aryl methyl sites for hydroxylation is 1. The van der Waals surface area contributed by atoms with E-state index >= 15 is 0 Å². The van der Waals surface area contributed by atoms with Crippen molar-refractivity contribution < 1.29 is 19.0 Å². The van der Waals surface area contributed by atoms with E-state index in [4.69, 9.17) is 9.47 Å². The van der Waals surface area contributed by atoms with E-state index in [0.717, 1.165) is 16.7 Å². The number of hydrogen-bond donors (Lipinski definition) is 1. The molecule has 21 heavy (non-hydrogen) atoms. The molecule has 0 saturated heterocycles. The smallest absolute Gasteiger partial charge is 0.127 e. The van der Waals surface area contributed by atoms with Crippen LogP contribution in [0.2, 0.25) is 0 Å². The van der Waals surface area contributed by atoms with Crippen LogP contribution in [-0.2, 0) is 0 Å². The number of methoxy groups -OCH3 is 1. The van der Waals surface area contributed by atoms with Gasteiger partial charge < -0.3 is 14.6 Å². The highest BCUT2D eigenvalue weighted by atomic mass is 19.1. The predicted molar refractivity (Wildman–Crippen MR) is 77.1 cm³/mol. The number of aliphatic hydroxyl groups is 1. The van der Waals surface area contributed by atoms with Crippen LogP contribution in [0.3, 0.4) is 0 Å². The van der Waals surface area contributed by atoms with E-state index in [0.29, 0.717) is 17.9 Å². The molecule has 0 amide bonds. The van der Waals surface area contributed by atoms with Crippen molar-refractivity contribution in [3.63, 3.8) is 0 Å². The van der Waals surface area contributed by atoms with Gasteiger partial charge in [-0.1, -0.05) is 6.07 Å². The van der Waals surface area contributed by atoms with Crippen LogP contribution in [-0.4, -0.2) is 12.2 Å². The van der Waals surface area contributed by atoms with Crippen LogP contribution in [0.15, 0.2) is 36.4 Å². The maximum atomic E-state index is 13.2. The van der Waals surface area contributed by atoms with Gasteiger partial charge in [0, 0.05) is 12.0 Å². The second-order valence-electron chi connectivity index (χ2n) is 5.26. The first-order valence-corrected chi connectivity index (χ1v) is 6.87. The van der Waals surface area contributed by atoms with Crippen LogP contribution in [0, 0.1) is 12.7 Å². The number of benzene rings is 2. The van der Waals surface area contributed by atoms with E-state index < -0.39 is 6.10 Å². The fourth-order valence-electron chi connectivity index (χ4n) is 2.74. The summed E-state index contributed by atoms with van der Waals surface area (Å²) < 4.78 is 24.3. The second kappa shape index (κ2) is 5.37. The zero-order valence-corrected chi connectivity index (χ0v) is 12.0. The first kappa shape index (κ1) is 13.9. The molecule has 1 heterocycles. The standard InChI is InChI=1S/C17H17FO3/c1-10-7-11(18)3-5-13(10)17-9-15(19)14-8-12(20-2)4-6-16(14)21-17/h3-8,15,17,19H,9H2,1-2H3/t15-,17?/m1/s1. The van der Waals surface area contributed by atoms with E-state index in [2.05, 4.69) is 0 Å². The fourth-order valence-corrected chi connectivity index (χ4v) is 2.74. The van der Waals surface area contributed by atoms with Gasteiger partial charge in [-0.25, -0.2) is 4.39 Å². The van der Waals surface area contributed by atoms with E-state index in [1.165, 1.54) is 12.1 Å². The van der Waals surface area contributed by atoms with Gasteiger partial charge in [0.25, 0.3) is 0 Å². The molecule has 0 fully saturated rings. The maximum absolute atomic E-state index is 13.2. The van der Waals surface area contributed by atoms with Gasteiger partial charge in [-0.15, -0.1) is 0 Å². The average Bonchev–Trinajstić information content (AvgIpc) is 2.47. The number of ether oxygens (including phenoxy) is 2. The van der Waals surface area contributed by atoms with Gasteiger partial charge in [0.1, 0.15) is 23.4 Å². The van der Waals surface area contributed by atoms with Crippen molar-refractivity contribution in [1.29, 1.82) is 0 Å². The summed E-state index contributed by atoms with van der Waals surface area (Å²) in [4.78, 5) is 0. The minimum atomic E-state index is -0.627.